The van der Waals surface area contributed by atoms with Crippen LogP contribution in [-0.4, -0.2) is 44.5 Å². The van der Waals surface area contributed by atoms with Gasteiger partial charge in [0.25, 0.3) is 0 Å². The molecule has 1 aliphatic heterocycles. The standard InChI is InChI=1S/C23H25N5O/c1-2-13-27(12-1)14-3-15-28-17-19-16-21(8-9-23(19)26-28)29-20-6-4-18(5-7-20)22-10-11-24-25-22/h4-11,16-17H,1-3,12-15H2,(H,24,25). The maximum atomic E-state index is 6.05. The van der Waals surface area contributed by atoms with Gasteiger partial charge in [-0.3, -0.25) is 9.78 Å². The van der Waals surface area contributed by atoms with Crippen LogP contribution in [0, 0.1) is 0 Å². The minimum Gasteiger partial charge on any atom is -0.457 e. The number of aromatic amines is 1. The molecule has 0 amide bonds. The van der Waals surface area contributed by atoms with Gasteiger partial charge >= 0.3 is 0 Å². The van der Waals surface area contributed by atoms with Crippen LogP contribution in [0.15, 0.2) is 60.9 Å². The number of hydrogen-bond donors (Lipinski definition) is 1. The van der Waals surface area contributed by atoms with Crippen molar-refractivity contribution in [2.24, 2.45) is 0 Å². The number of ether oxygens (including phenoxy) is 1. The van der Waals surface area contributed by atoms with Crippen molar-refractivity contribution >= 4 is 10.9 Å². The maximum absolute atomic E-state index is 6.05. The molecule has 1 fully saturated rings. The first-order valence-corrected chi connectivity index (χ1v) is 10.3. The van der Waals surface area contributed by atoms with E-state index in [1.165, 1.54) is 32.5 Å². The number of aromatic nitrogens is 4. The first-order chi connectivity index (χ1) is 14.3. The number of nitrogens with one attached hydrogen (secondary N) is 1. The third kappa shape index (κ3) is 4.17. The highest BCUT2D eigenvalue weighted by Crippen LogP contribution is 2.27. The molecule has 0 bridgehead atoms. The van der Waals surface area contributed by atoms with Crippen LogP contribution in [-0.2, 0) is 6.54 Å². The lowest BCUT2D eigenvalue weighted by molar-refractivity contribution is 0.322. The number of H-pyrrole nitrogens is 1. The molecule has 6 nitrogen and oxygen atoms in total. The number of nitrogens with zero attached hydrogens (tertiary/aromatic N) is 4. The summed E-state index contributed by atoms with van der Waals surface area (Å²) in [4.78, 5) is 2.55. The molecule has 5 rings (SSSR count). The van der Waals surface area contributed by atoms with Crippen molar-refractivity contribution in [2.75, 3.05) is 19.6 Å². The van der Waals surface area contributed by atoms with Gasteiger partial charge in [-0.05, 0) is 93.0 Å². The Morgan fingerprint density at radius 2 is 1.76 bits per heavy atom. The van der Waals surface area contributed by atoms with Gasteiger partial charge in [-0.25, -0.2) is 0 Å². The zero-order chi connectivity index (χ0) is 19.5. The highest BCUT2D eigenvalue weighted by Gasteiger charge is 2.11. The van der Waals surface area contributed by atoms with E-state index in [2.05, 4.69) is 32.0 Å². The fourth-order valence-electron chi connectivity index (χ4n) is 3.95. The molecule has 3 heterocycles. The second-order valence-corrected chi connectivity index (χ2v) is 7.61. The quantitative estimate of drug-likeness (QED) is 0.499. The average Bonchev–Trinajstić information content (AvgIpc) is 3.50. The van der Waals surface area contributed by atoms with Crippen molar-refractivity contribution in [3.05, 3.63) is 60.9 Å². The molecule has 1 saturated heterocycles. The van der Waals surface area contributed by atoms with Gasteiger partial charge in [-0.15, -0.1) is 0 Å². The fourth-order valence-corrected chi connectivity index (χ4v) is 3.95. The Labute approximate surface area is 170 Å². The van der Waals surface area contributed by atoms with Gasteiger partial charge in [-0.1, -0.05) is 0 Å². The Bertz CT molecular complexity index is 1060. The van der Waals surface area contributed by atoms with Gasteiger partial charge in [0.15, 0.2) is 0 Å². The van der Waals surface area contributed by atoms with E-state index in [0.29, 0.717) is 0 Å². The molecule has 148 valence electrons. The lowest BCUT2D eigenvalue weighted by Gasteiger charge is -2.13. The van der Waals surface area contributed by atoms with E-state index in [0.717, 1.165) is 46.6 Å². The third-order valence-corrected chi connectivity index (χ3v) is 5.49. The molecule has 2 aromatic carbocycles. The number of fused-ring (bicyclic) bond motifs is 1. The van der Waals surface area contributed by atoms with Crippen molar-refractivity contribution in [3.63, 3.8) is 0 Å². The summed E-state index contributed by atoms with van der Waals surface area (Å²) in [6.07, 6.45) is 7.70. The van der Waals surface area contributed by atoms with E-state index >= 15 is 0 Å². The van der Waals surface area contributed by atoms with Gasteiger partial charge in [0, 0.05) is 24.3 Å². The summed E-state index contributed by atoms with van der Waals surface area (Å²) in [7, 11) is 0. The van der Waals surface area contributed by atoms with Crippen LogP contribution >= 0.6 is 0 Å². The smallest absolute Gasteiger partial charge is 0.128 e. The first-order valence-electron chi connectivity index (χ1n) is 10.3. The minimum absolute atomic E-state index is 0.811. The van der Waals surface area contributed by atoms with E-state index < -0.39 is 0 Å². The highest BCUT2D eigenvalue weighted by atomic mass is 16.5. The Morgan fingerprint density at radius 3 is 2.55 bits per heavy atom. The molecule has 2 aromatic heterocycles. The third-order valence-electron chi connectivity index (χ3n) is 5.49. The van der Waals surface area contributed by atoms with Crippen molar-refractivity contribution < 1.29 is 4.74 Å². The van der Waals surface area contributed by atoms with Gasteiger partial charge in [0.1, 0.15) is 11.5 Å². The molecule has 0 aliphatic carbocycles. The van der Waals surface area contributed by atoms with Gasteiger partial charge in [0.05, 0.1) is 11.2 Å². The van der Waals surface area contributed by atoms with Crippen molar-refractivity contribution in [3.8, 4) is 22.8 Å². The number of rotatable bonds is 7. The molecule has 0 saturated carbocycles. The number of aryl methyl sites for hydroxylation is 1. The van der Waals surface area contributed by atoms with E-state index in [9.17, 15) is 0 Å². The predicted octanol–water partition coefficient (Wildman–Crippen LogP) is 4.70. The van der Waals surface area contributed by atoms with E-state index in [1.54, 1.807) is 6.20 Å². The van der Waals surface area contributed by atoms with Crippen LogP contribution in [0.3, 0.4) is 0 Å². The van der Waals surface area contributed by atoms with E-state index in [4.69, 9.17) is 9.84 Å². The molecule has 4 aromatic rings. The zero-order valence-electron chi connectivity index (χ0n) is 16.4. The normalized spacial score (nSPS) is 14.6. The second kappa shape index (κ2) is 8.09. The monoisotopic (exact) mass is 387 g/mol. The lowest BCUT2D eigenvalue weighted by atomic mass is 10.1. The van der Waals surface area contributed by atoms with Crippen LogP contribution in [0.4, 0.5) is 0 Å². The fraction of sp³-hybridized carbons (Fsp3) is 0.304. The van der Waals surface area contributed by atoms with Crippen LogP contribution in [0.2, 0.25) is 0 Å². The summed E-state index contributed by atoms with van der Waals surface area (Å²) >= 11 is 0. The number of likely N-dealkylation sites (tertiary alicyclic amines) is 1. The second-order valence-electron chi connectivity index (χ2n) is 7.61. The molecule has 1 aliphatic rings. The number of benzene rings is 2. The summed E-state index contributed by atoms with van der Waals surface area (Å²) < 4.78 is 8.11. The largest absolute Gasteiger partial charge is 0.457 e. The maximum Gasteiger partial charge on any atom is 0.128 e. The molecule has 29 heavy (non-hydrogen) atoms. The average molecular weight is 387 g/mol. The van der Waals surface area contributed by atoms with Gasteiger partial charge < -0.3 is 9.64 Å². The van der Waals surface area contributed by atoms with Crippen molar-refractivity contribution in [1.29, 1.82) is 0 Å². The summed E-state index contributed by atoms with van der Waals surface area (Å²) in [6.45, 7) is 4.63. The minimum atomic E-state index is 0.811. The SMILES string of the molecule is c1cc(-c2ccc(Oc3ccc4nn(CCCN5CCCC5)cc4c3)cc2)[nH]n1. The summed E-state index contributed by atoms with van der Waals surface area (Å²) in [5, 5.41) is 12.8. The number of hydrogen-bond acceptors (Lipinski definition) is 4. The Kier molecular flexibility index (Phi) is 5.01. The van der Waals surface area contributed by atoms with Gasteiger partial charge in [0.2, 0.25) is 0 Å². The Hall–Kier alpha value is -3.12. The van der Waals surface area contributed by atoms with Crippen LogP contribution in [0.5, 0.6) is 11.5 Å². The van der Waals surface area contributed by atoms with Crippen molar-refractivity contribution in [2.45, 2.75) is 25.8 Å². The summed E-state index contributed by atoms with van der Waals surface area (Å²) in [6, 6.07) is 16.0. The molecule has 0 radical (unpaired) electrons. The van der Waals surface area contributed by atoms with Crippen LogP contribution in [0.1, 0.15) is 19.3 Å². The Morgan fingerprint density at radius 1 is 0.931 bits per heavy atom. The summed E-state index contributed by atoms with van der Waals surface area (Å²) in [5.41, 5.74) is 3.09. The highest BCUT2D eigenvalue weighted by molar-refractivity contribution is 5.79. The van der Waals surface area contributed by atoms with Crippen molar-refractivity contribution in [1.82, 2.24) is 24.9 Å². The predicted molar refractivity (Wildman–Crippen MR) is 114 cm³/mol. The van der Waals surface area contributed by atoms with E-state index in [-0.39, 0.29) is 0 Å². The molecule has 0 spiro atoms. The lowest BCUT2D eigenvalue weighted by Crippen LogP contribution is -2.21. The molecule has 0 atom stereocenters. The Balaban J connectivity index is 1.23. The first kappa shape index (κ1) is 17.9. The molecular weight excluding hydrogens is 362 g/mol. The van der Waals surface area contributed by atoms with Crippen LogP contribution in [0.25, 0.3) is 22.2 Å². The molecule has 6 heteroatoms. The van der Waals surface area contributed by atoms with Crippen LogP contribution < -0.4 is 4.74 Å². The van der Waals surface area contributed by atoms with E-state index in [1.807, 2.05) is 42.5 Å². The summed E-state index contributed by atoms with van der Waals surface area (Å²) in [5.74, 6) is 1.63. The zero-order valence-corrected chi connectivity index (χ0v) is 16.4. The topological polar surface area (TPSA) is 59.0 Å². The molecule has 1 N–H and O–H groups in total. The molecular formula is C23H25N5O. The van der Waals surface area contributed by atoms with Gasteiger partial charge in [-0.2, -0.15) is 10.2 Å². The molecule has 0 unspecified atom stereocenters.